The summed E-state index contributed by atoms with van der Waals surface area (Å²) in [6.45, 7) is 0.178. The molecule has 0 bridgehead atoms. The van der Waals surface area contributed by atoms with E-state index in [4.69, 9.17) is 13.9 Å². The summed E-state index contributed by atoms with van der Waals surface area (Å²) in [7, 11) is 1.30. The maximum Gasteiger partial charge on any atom is 0.409 e. The molecule has 5 rings (SSSR count). The maximum absolute atomic E-state index is 15.3. The van der Waals surface area contributed by atoms with Crippen molar-refractivity contribution < 1.29 is 31.9 Å². The number of alkyl halides is 1. The fourth-order valence-electron chi connectivity index (χ4n) is 4.26. The van der Waals surface area contributed by atoms with Crippen molar-refractivity contribution in [3.05, 3.63) is 65.8 Å². The van der Waals surface area contributed by atoms with Crippen LogP contribution in [0.2, 0.25) is 0 Å². The smallest absolute Gasteiger partial charge is 0.409 e. The zero-order chi connectivity index (χ0) is 24.5. The average Bonchev–Trinajstić information content (AvgIpc) is 3.52. The van der Waals surface area contributed by atoms with Gasteiger partial charge in [-0.2, -0.15) is 0 Å². The van der Waals surface area contributed by atoms with Crippen molar-refractivity contribution in [2.24, 2.45) is 0 Å². The number of pyridine rings is 1. The first-order valence-corrected chi connectivity index (χ1v) is 10.9. The first-order valence-electron chi connectivity index (χ1n) is 10.9. The fourth-order valence-corrected chi connectivity index (χ4v) is 4.26. The molecule has 11 heteroatoms. The van der Waals surface area contributed by atoms with Crippen molar-refractivity contribution in [1.29, 1.82) is 0 Å². The molecule has 3 aromatic heterocycles. The average molecular weight is 486 g/mol. The largest absolute Gasteiger partial charge is 0.453 e. The number of fused-ring (bicyclic) bond motifs is 1. The van der Waals surface area contributed by atoms with Gasteiger partial charge in [0.15, 0.2) is 0 Å². The van der Waals surface area contributed by atoms with E-state index in [1.54, 1.807) is 16.7 Å². The molecule has 1 fully saturated rings. The minimum absolute atomic E-state index is 0.0637. The quantitative estimate of drug-likeness (QED) is 0.416. The van der Waals surface area contributed by atoms with Crippen molar-refractivity contribution in [3.8, 4) is 22.7 Å². The number of benzene rings is 1. The van der Waals surface area contributed by atoms with E-state index in [2.05, 4.69) is 9.97 Å². The lowest BCUT2D eigenvalue weighted by Crippen LogP contribution is -2.46. The molecule has 0 unspecified atom stereocenters. The van der Waals surface area contributed by atoms with Crippen LogP contribution in [0.4, 0.5) is 18.0 Å². The number of hydrogen-bond donors (Lipinski definition) is 0. The van der Waals surface area contributed by atoms with Gasteiger partial charge in [-0.3, -0.25) is 0 Å². The van der Waals surface area contributed by atoms with Crippen molar-refractivity contribution in [3.63, 3.8) is 0 Å². The Morgan fingerprint density at radius 2 is 2.06 bits per heavy atom. The molecule has 1 aliphatic heterocycles. The van der Waals surface area contributed by atoms with E-state index in [1.165, 1.54) is 30.5 Å². The molecule has 1 atom stereocenters. The van der Waals surface area contributed by atoms with Gasteiger partial charge in [-0.25, -0.2) is 27.9 Å². The van der Waals surface area contributed by atoms with E-state index in [0.29, 0.717) is 23.4 Å². The minimum atomic E-state index is -0.852. The highest BCUT2D eigenvalue weighted by atomic mass is 19.1. The number of carbonyl (C=O) groups is 1. The standard InChI is InChI=1S/C24H21F3N4O4/c1-33-24(32)30-5-7-34-16(13-30)11-19-22(29-20-8-14(12-25)2-4-31(19)20)21-17(26)9-15(10-18(21)27)23-28-3-6-35-23/h2-4,6,8-10,16H,5,7,11-13H2,1H3/t16-/m0/s1. The van der Waals surface area contributed by atoms with Crippen LogP contribution >= 0.6 is 0 Å². The fraction of sp³-hybridized carbons (Fsp3) is 0.292. The lowest BCUT2D eigenvalue weighted by molar-refractivity contribution is -0.0241. The van der Waals surface area contributed by atoms with Gasteiger partial charge in [0.05, 0.1) is 49.5 Å². The van der Waals surface area contributed by atoms with Crippen LogP contribution < -0.4 is 0 Å². The molecule has 1 aromatic carbocycles. The van der Waals surface area contributed by atoms with Crippen molar-refractivity contribution in [2.45, 2.75) is 19.2 Å². The molecule has 1 saturated heterocycles. The Hall–Kier alpha value is -3.86. The molecule has 0 N–H and O–H groups in total. The second kappa shape index (κ2) is 9.41. The summed E-state index contributed by atoms with van der Waals surface area (Å²) in [5, 5.41) is 0. The monoisotopic (exact) mass is 486 g/mol. The van der Waals surface area contributed by atoms with Gasteiger partial charge in [-0.1, -0.05) is 0 Å². The molecule has 0 aliphatic carbocycles. The van der Waals surface area contributed by atoms with Crippen LogP contribution in [0.25, 0.3) is 28.4 Å². The molecule has 4 heterocycles. The maximum atomic E-state index is 15.3. The Morgan fingerprint density at radius 1 is 1.26 bits per heavy atom. The highest BCUT2D eigenvalue weighted by molar-refractivity contribution is 5.71. The molecule has 8 nitrogen and oxygen atoms in total. The van der Waals surface area contributed by atoms with Gasteiger partial charge < -0.3 is 23.2 Å². The van der Waals surface area contributed by atoms with Crippen molar-refractivity contribution in [2.75, 3.05) is 26.8 Å². The number of hydrogen-bond acceptors (Lipinski definition) is 6. The van der Waals surface area contributed by atoms with Crippen LogP contribution in [0.1, 0.15) is 11.3 Å². The van der Waals surface area contributed by atoms with Crippen molar-refractivity contribution >= 4 is 11.7 Å². The zero-order valence-corrected chi connectivity index (χ0v) is 18.7. The zero-order valence-electron chi connectivity index (χ0n) is 18.7. The van der Waals surface area contributed by atoms with Crippen LogP contribution in [0.3, 0.4) is 0 Å². The number of ether oxygens (including phenoxy) is 2. The number of oxazole rings is 1. The van der Waals surface area contributed by atoms with Gasteiger partial charge in [-0.05, 0) is 29.8 Å². The molecule has 0 spiro atoms. The van der Waals surface area contributed by atoms with Crippen LogP contribution in [-0.2, 0) is 22.6 Å². The lowest BCUT2D eigenvalue weighted by atomic mass is 10.0. The van der Waals surface area contributed by atoms with Crippen LogP contribution in [-0.4, -0.2) is 58.3 Å². The van der Waals surface area contributed by atoms with Gasteiger partial charge in [-0.15, -0.1) is 0 Å². The molecule has 1 aliphatic rings. The van der Waals surface area contributed by atoms with E-state index in [-0.39, 0.29) is 42.3 Å². The summed E-state index contributed by atoms with van der Waals surface area (Å²) in [4.78, 5) is 21.9. The molecule has 1 amide bonds. The number of nitrogens with zero attached hydrogens (tertiary/aromatic N) is 4. The number of morpholine rings is 1. The normalized spacial score (nSPS) is 16.1. The van der Waals surface area contributed by atoms with E-state index >= 15 is 8.78 Å². The number of halogens is 3. The van der Waals surface area contributed by atoms with Crippen molar-refractivity contribution in [1.82, 2.24) is 19.3 Å². The summed E-state index contributed by atoms with van der Waals surface area (Å²) < 4.78 is 61.3. The second-order valence-corrected chi connectivity index (χ2v) is 8.07. The number of rotatable bonds is 5. The number of aromatic nitrogens is 3. The predicted octanol–water partition coefficient (Wildman–Crippen LogP) is 4.41. The SMILES string of the molecule is COC(=O)N1CCO[C@@H](Cc2c(-c3c(F)cc(-c4ncco4)cc3F)nc3cc(CF)ccn23)C1. The lowest BCUT2D eigenvalue weighted by Gasteiger charge is -2.32. The molecular weight excluding hydrogens is 465 g/mol. The Kier molecular flexibility index (Phi) is 6.16. The van der Waals surface area contributed by atoms with E-state index in [0.717, 1.165) is 12.1 Å². The molecule has 182 valence electrons. The first-order chi connectivity index (χ1) is 17.0. The van der Waals surface area contributed by atoms with Crippen LogP contribution in [0.5, 0.6) is 0 Å². The number of methoxy groups -OCH3 is 1. The topological polar surface area (TPSA) is 82.1 Å². The molecule has 0 saturated carbocycles. The van der Waals surface area contributed by atoms with Gasteiger partial charge >= 0.3 is 6.09 Å². The minimum Gasteiger partial charge on any atom is -0.453 e. The predicted molar refractivity (Wildman–Crippen MR) is 118 cm³/mol. The van der Waals surface area contributed by atoms with Crippen LogP contribution in [0.15, 0.2) is 47.3 Å². The number of amides is 1. The third kappa shape index (κ3) is 4.34. The van der Waals surface area contributed by atoms with Gasteiger partial charge in [0, 0.05) is 24.7 Å². The Balaban J connectivity index is 1.59. The Labute approximate surface area is 197 Å². The Bertz CT molecular complexity index is 1350. The summed E-state index contributed by atoms with van der Waals surface area (Å²) in [5.74, 6) is -1.63. The molecule has 0 radical (unpaired) electrons. The van der Waals surface area contributed by atoms with E-state index in [9.17, 15) is 9.18 Å². The Morgan fingerprint density at radius 3 is 2.74 bits per heavy atom. The van der Waals surface area contributed by atoms with E-state index < -0.39 is 30.5 Å². The first kappa shape index (κ1) is 22.9. The van der Waals surface area contributed by atoms with E-state index in [1.807, 2.05) is 0 Å². The van der Waals surface area contributed by atoms with Crippen LogP contribution in [0, 0.1) is 11.6 Å². The van der Waals surface area contributed by atoms with Gasteiger partial charge in [0.2, 0.25) is 5.89 Å². The van der Waals surface area contributed by atoms with Gasteiger partial charge in [0.25, 0.3) is 0 Å². The third-order valence-electron chi connectivity index (χ3n) is 5.89. The summed E-state index contributed by atoms with van der Waals surface area (Å²) in [5.41, 5.74) is 1.05. The summed E-state index contributed by atoms with van der Waals surface area (Å²) in [6.07, 6.45) is 3.53. The number of carbonyl (C=O) groups excluding carboxylic acids is 1. The summed E-state index contributed by atoms with van der Waals surface area (Å²) in [6, 6.07) is 5.34. The molecular formula is C24H21F3N4O4. The molecule has 35 heavy (non-hydrogen) atoms. The summed E-state index contributed by atoms with van der Waals surface area (Å²) >= 11 is 0. The van der Waals surface area contributed by atoms with Gasteiger partial charge in [0.1, 0.15) is 30.2 Å². The second-order valence-electron chi connectivity index (χ2n) is 8.07. The number of imidazole rings is 1. The highest BCUT2D eigenvalue weighted by Gasteiger charge is 2.29. The highest BCUT2D eigenvalue weighted by Crippen LogP contribution is 2.34. The molecule has 4 aromatic rings. The third-order valence-corrected chi connectivity index (χ3v) is 5.89.